The molecule has 20 heavy (non-hydrogen) atoms. The highest BCUT2D eigenvalue weighted by Crippen LogP contribution is 2.35. The highest BCUT2D eigenvalue weighted by atomic mass is 32.1. The molecule has 1 atom stereocenters. The standard InChI is InChI=1S/C14H13F3N2S/c15-14(16,17)12-8-20-13(19-12)18-11-7-3-5-9-4-1-2-6-10(9)11/h1-2,4,6,8,11H,3,5,7H2,(H,18,19). The van der Waals surface area contributed by atoms with E-state index in [1.807, 2.05) is 18.2 Å². The van der Waals surface area contributed by atoms with Gasteiger partial charge in [0.05, 0.1) is 6.04 Å². The Bertz CT molecular complexity index is 606. The number of hydrogen-bond donors (Lipinski definition) is 1. The van der Waals surface area contributed by atoms with E-state index < -0.39 is 11.9 Å². The van der Waals surface area contributed by atoms with Gasteiger partial charge in [0, 0.05) is 5.38 Å². The fourth-order valence-electron chi connectivity index (χ4n) is 2.52. The van der Waals surface area contributed by atoms with E-state index in [1.165, 1.54) is 11.1 Å². The third-order valence-electron chi connectivity index (χ3n) is 3.46. The average Bonchev–Trinajstić information content (AvgIpc) is 2.88. The van der Waals surface area contributed by atoms with Crippen LogP contribution in [0, 0.1) is 0 Å². The number of aromatic nitrogens is 1. The molecule has 1 heterocycles. The van der Waals surface area contributed by atoms with Gasteiger partial charge < -0.3 is 5.32 Å². The fraction of sp³-hybridized carbons (Fsp3) is 0.357. The zero-order valence-corrected chi connectivity index (χ0v) is 11.4. The van der Waals surface area contributed by atoms with E-state index in [0.717, 1.165) is 36.0 Å². The molecule has 1 aliphatic rings. The monoisotopic (exact) mass is 298 g/mol. The predicted molar refractivity (Wildman–Crippen MR) is 72.9 cm³/mol. The van der Waals surface area contributed by atoms with Gasteiger partial charge in [-0.2, -0.15) is 13.2 Å². The van der Waals surface area contributed by atoms with Crippen molar-refractivity contribution in [2.24, 2.45) is 0 Å². The van der Waals surface area contributed by atoms with Gasteiger partial charge in [-0.1, -0.05) is 24.3 Å². The van der Waals surface area contributed by atoms with Crippen LogP contribution in [0.3, 0.4) is 0 Å². The normalized spacial score (nSPS) is 18.6. The molecular weight excluding hydrogens is 285 g/mol. The first kappa shape index (κ1) is 13.4. The average molecular weight is 298 g/mol. The number of alkyl halides is 3. The summed E-state index contributed by atoms with van der Waals surface area (Å²) in [7, 11) is 0. The molecule has 0 fully saturated rings. The third kappa shape index (κ3) is 2.65. The molecule has 0 spiro atoms. The number of hydrogen-bond acceptors (Lipinski definition) is 3. The van der Waals surface area contributed by atoms with Crippen LogP contribution in [-0.4, -0.2) is 4.98 Å². The van der Waals surface area contributed by atoms with Crippen LogP contribution in [0.2, 0.25) is 0 Å². The van der Waals surface area contributed by atoms with Crippen molar-refractivity contribution >= 4 is 16.5 Å². The minimum atomic E-state index is -4.37. The second-order valence-corrected chi connectivity index (χ2v) is 5.68. The number of aryl methyl sites for hydroxylation is 1. The molecule has 0 aliphatic heterocycles. The van der Waals surface area contributed by atoms with Crippen LogP contribution in [0.25, 0.3) is 0 Å². The van der Waals surface area contributed by atoms with Gasteiger partial charge in [0.25, 0.3) is 0 Å². The lowest BCUT2D eigenvalue weighted by molar-refractivity contribution is -0.140. The van der Waals surface area contributed by atoms with Crippen molar-refractivity contribution in [2.75, 3.05) is 5.32 Å². The maximum absolute atomic E-state index is 12.5. The highest BCUT2D eigenvalue weighted by molar-refractivity contribution is 7.13. The smallest absolute Gasteiger partial charge is 0.355 e. The zero-order valence-electron chi connectivity index (χ0n) is 10.6. The van der Waals surface area contributed by atoms with Crippen molar-refractivity contribution in [3.63, 3.8) is 0 Å². The van der Waals surface area contributed by atoms with Gasteiger partial charge in [-0.25, -0.2) is 4.98 Å². The Hall–Kier alpha value is -1.56. The summed E-state index contributed by atoms with van der Waals surface area (Å²) in [6, 6.07) is 8.11. The fourth-order valence-corrected chi connectivity index (χ4v) is 3.29. The quantitative estimate of drug-likeness (QED) is 0.873. The van der Waals surface area contributed by atoms with Crippen molar-refractivity contribution in [2.45, 2.75) is 31.5 Å². The minimum Gasteiger partial charge on any atom is -0.355 e. The number of thiazole rings is 1. The van der Waals surface area contributed by atoms with E-state index in [-0.39, 0.29) is 6.04 Å². The van der Waals surface area contributed by atoms with Crippen LogP contribution in [-0.2, 0) is 12.6 Å². The molecule has 1 N–H and O–H groups in total. The van der Waals surface area contributed by atoms with Crippen molar-refractivity contribution in [1.29, 1.82) is 0 Å². The SMILES string of the molecule is FC(F)(F)c1csc(NC2CCCc3ccccc32)n1. The molecule has 2 aromatic rings. The molecule has 0 saturated carbocycles. The Balaban J connectivity index is 1.81. The number of benzene rings is 1. The summed E-state index contributed by atoms with van der Waals surface area (Å²) in [5.41, 5.74) is 1.61. The van der Waals surface area contributed by atoms with Crippen LogP contribution in [0.5, 0.6) is 0 Å². The summed E-state index contributed by atoms with van der Waals surface area (Å²) in [6.45, 7) is 0. The van der Waals surface area contributed by atoms with Crippen molar-refractivity contribution in [3.8, 4) is 0 Å². The van der Waals surface area contributed by atoms with Crippen LogP contribution in [0.1, 0.15) is 35.7 Å². The van der Waals surface area contributed by atoms with Gasteiger partial charge in [-0.3, -0.25) is 0 Å². The highest BCUT2D eigenvalue weighted by Gasteiger charge is 2.34. The Morgan fingerprint density at radius 3 is 2.80 bits per heavy atom. The second kappa shape index (κ2) is 5.09. The predicted octanol–water partition coefficient (Wildman–Crippen LogP) is 4.65. The molecule has 3 rings (SSSR count). The van der Waals surface area contributed by atoms with Crippen LogP contribution in [0.4, 0.5) is 18.3 Å². The summed E-state index contributed by atoms with van der Waals surface area (Å²) < 4.78 is 37.6. The van der Waals surface area contributed by atoms with Crippen LogP contribution < -0.4 is 5.32 Å². The molecule has 0 radical (unpaired) electrons. The summed E-state index contributed by atoms with van der Waals surface area (Å²) in [5.74, 6) is 0. The van der Waals surface area contributed by atoms with E-state index in [0.29, 0.717) is 5.13 Å². The maximum atomic E-state index is 12.5. The molecule has 1 aromatic heterocycles. The Morgan fingerprint density at radius 2 is 2.05 bits per heavy atom. The van der Waals surface area contributed by atoms with Crippen molar-refractivity contribution in [3.05, 3.63) is 46.5 Å². The number of nitrogens with one attached hydrogen (secondary N) is 1. The van der Waals surface area contributed by atoms with E-state index in [4.69, 9.17) is 0 Å². The lowest BCUT2D eigenvalue weighted by atomic mass is 9.88. The molecule has 0 saturated heterocycles. The topological polar surface area (TPSA) is 24.9 Å². The number of fused-ring (bicyclic) bond motifs is 1. The lowest BCUT2D eigenvalue weighted by Gasteiger charge is -2.26. The molecule has 1 aromatic carbocycles. The van der Waals surface area contributed by atoms with Gasteiger partial charge in [0.1, 0.15) is 0 Å². The van der Waals surface area contributed by atoms with Crippen molar-refractivity contribution in [1.82, 2.24) is 4.98 Å². The molecule has 106 valence electrons. The second-order valence-electron chi connectivity index (χ2n) is 4.82. The molecule has 1 aliphatic carbocycles. The first-order valence-corrected chi connectivity index (χ1v) is 7.29. The molecule has 0 bridgehead atoms. The lowest BCUT2D eigenvalue weighted by Crippen LogP contribution is -2.17. The summed E-state index contributed by atoms with van der Waals surface area (Å²) in [4.78, 5) is 3.63. The molecule has 0 amide bonds. The van der Waals surface area contributed by atoms with Crippen molar-refractivity contribution < 1.29 is 13.2 Å². The first-order valence-electron chi connectivity index (χ1n) is 6.41. The van der Waals surface area contributed by atoms with Crippen LogP contribution >= 0.6 is 11.3 Å². The Labute approximate surface area is 118 Å². The zero-order chi connectivity index (χ0) is 14.2. The summed E-state index contributed by atoms with van der Waals surface area (Å²) in [6.07, 6.45) is -1.40. The summed E-state index contributed by atoms with van der Waals surface area (Å²) in [5, 5.41) is 4.52. The van der Waals surface area contributed by atoms with E-state index in [9.17, 15) is 13.2 Å². The number of anilines is 1. The Morgan fingerprint density at radius 1 is 1.25 bits per heavy atom. The van der Waals surface area contributed by atoms with Gasteiger partial charge in [0.15, 0.2) is 10.8 Å². The molecule has 2 nitrogen and oxygen atoms in total. The van der Waals surface area contributed by atoms with Gasteiger partial charge >= 0.3 is 6.18 Å². The largest absolute Gasteiger partial charge is 0.434 e. The van der Waals surface area contributed by atoms with Gasteiger partial charge in [-0.05, 0) is 30.4 Å². The summed E-state index contributed by atoms with van der Waals surface area (Å²) >= 11 is 1.00. The van der Waals surface area contributed by atoms with Gasteiger partial charge in [-0.15, -0.1) is 11.3 Å². The number of nitrogens with zero attached hydrogens (tertiary/aromatic N) is 1. The van der Waals surface area contributed by atoms with Gasteiger partial charge in [0.2, 0.25) is 0 Å². The molecule has 6 heteroatoms. The minimum absolute atomic E-state index is 0.0483. The molecular formula is C14H13F3N2S. The Kier molecular flexibility index (Phi) is 3.41. The molecule has 1 unspecified atom stereocenters. The van der Waals surface area contributed by atoms with E-state index >= 15 is 0 Å². The van der Waals surface area contributed by atoms with Crippen LogP contribution in [0.15, 0.2) is 29.6 Å². The van der Waals surface area contributed by atoms with E-state index in [1.54, 1.807) is 0 Å². The number of rotatable bonds is 2. The maximum Gasteiger partial charge on any atom is 0.434 e. The number of halogens is 3. The first-order chi connectivity index (χ1) is 9.54. The third-order valence-corrected chi connectivity index (χ3v) is 4.24. The van der Waals surface area contributed by atoms with E-state index in [2.05, 4.69) is 16.4 Å².